The summed E-state index contributed by atoms with van der Waals surface area (Å²) in [5.74, 6) is 1.12. The number of rotatable bonds is 6. The molecule has 0 unspecified atom stereocenters. The minimum absolute atomic E-state index is 0.909. The van der Waals surface area contributed by atoms with Crippen LogP contribution < -0.4 is 10.2 Å². The summed E-state index contributed by atoms with van der Waals surface area (Å²) in [4.78, 5) is 6.88. The molecule has 0 radical (unpaired) electrons. The van der Waals surface area contributed by atoms with Gasteiger partial charge in [-0.25, -0.2) is 4.98 Å². The number of hydrogen-bond acceptors (Lipinski definition) is 3. The smallest absolute Gasteiger partial charge is 0.133 e. The van der Waals surface area contributed by atoms with E-state index in [0.717, 1.165) is 37.6 Å². The number of aromatic nitrogens is 1. The SMILES string of the molecule is CCCNCc1c(C)cc(C)nc1N(C)CC. The number of aryl methyl sites for hydroxylation is 2. The topological polar surface area (TPSA) is 28.2 Å². The third kappa shape index (κ3) is 3.70. The van der Waals surface area contributed by atoms with Crippen molar-refractivity contribution in [1.29, 1.82) is 0 Å². The van der Waals surface area contributed by atoms with Crippen LogP contribution >= 0.6 is 0 Å². The zero-order valence-electron chi connectivity index (χ0n) is 11.8. The molecule has 17 heavy (non-hydrogen) atoms. The fourth-order valence-corrected chi connectivity index (χ4v) is 1.92. The molecule has 1 rings (SSSR count). The molecule has 1 aromatic rings. The zero-order valence-corrected chi connectivity index (χ0v) is 11.8. The van der Waals surface area contributed by atoms with Gasteiger partial charge in [-0.1, -0.05) is 6.92 Å². The molecule has 0 aliphatic rings. The van der Waals surface area contributed by atoms with Crippen LogP contribution in [0.5, 0.6) is 0 Å². The van der Waals surface area contributed by atoms with E-state index in [0.29, 0.717) is 0 Å². The highest BCUT2D eigenvalue weighted by Crippen LogP contribution is 2.21. The van der Waals surface area contributed by atoms with Crippen LogP contribution in [0.1, 0.15) is 37.1 Å². The average Bonchev–Trinajstić information content (AvgIpc) is 2.30. The predicted molar refractivity (Wildman–Crippen MR) is 74.7 cm³/mol. The molecule has 3 nitrogen and oxygen atoms in total. The van der Waals surface area contributed by atoms with Crippen molar-refractivity contribution in [1.82, 2.24) is 10.3 Å². The van der Waals surface area contributed by atoms with Gasteiger partial charge >= 0.3 is 0 Å². The lowest BCUT2D eigenvalue weighted by Gasteiger charge is -2.22. The summed E-state index contributed by atoms with van der Waals surface area (Å²) in [7, 11) is 2.10. The van der Waals surface area contributed by atoms with Crippen molar-refractivity contribution in [2.45, 2.75) is 40.7 Å². The van der Waals surface area contributed by atoms with Crippen molar-refractivity contribution in [3.05, 3.63) is 22.9 Å². The maximum atomic E-state index is 4.67. The zero-order chi connectivity index (χ0) is 12.8. The molecule has 0 aliphatic heterocycles. The molecule has 96 valence electrons. The molecule has 1 heterocycles. The Bertz CT molecular complexity index is 361. The number of pyridine rings is 1. The van der Waals surface area contributed by atoms with Crippen molar-refractivity contribution < 1.29 is 0 Å². The largest absolute Gasteiger partial charge is 0.360 e. The second-order valence-corrected chi connectivity index (χ2v) is 4.57. The number of nitrogens with one attached hydrogen (secondary N) is 1. The predicted octanol–water partition coefficient (Wildman–Crippen LogP) is 2.65. The van der Waals surface area contributed by atoms with E-state index in [1.807, 2.05) is 0 Å². The average molecular weight is 235 g/mol. The second-order valence-electron chi connectivity index (χ2n) is 4.57. The lowest BCUT2D eigenvalue weighted by molar-refractivity contribution is 0.669. The Hall–Kier alpha value is -1.09. The Morgan fingerprint density at radius 3 is 2.59 bits per heavy atom. The first-order valence-corrected chi connectivity index (χ1v) is 6.49. The van der Waals surface area contributed by atoms with Gasteiger partial charge < -0.3 is 10.2 Å². The van der Waals surface area contributed by atoms with E-state index in [1.165, 1.54) is 11.1 Å². The van der Waals surface area contributed by atoms with Gasteiger partial charge in [-0.05, 0) is 45.4 Å². The van der Waals surface area contributed by atoms with Gasteiger partial charge in [0.05, 0.1) is 0 Å². The number of anilines is 1. The summed E-state index contributed by atoms with van der Waals surface area (Å²) < 4.78 is 0. The molecule has 0 saturated carbocycles. The maximum absolute atomic E-state index is 4.67. The highest BCUT2D eigenvalue weighted by molar-refractivity contribution is 5.51. The Labute approximate surface area is 105 Å². The molecular weight excluding hydrogens is 210 g/mol. The standard InChI is InChI=1S/C14H25N3/c1-6-8-15-10-13-11(3)9-12(4)16-14(13)17(5)7-2/h9,15H,6-8,10H2,1-5H3. The summed E-state index contributed by atoms with van der Waals surface area (Å²) >= 11 is 0. The van der Waals surface area contributed by atoms with E-state index in [2.05, 4.69) is 56.0 Å². The van der Waals surface area contributed by atoms with Gasteiger partial charge in [0.1, 0.15) is 5.82 Å². The summed E-state index contributed by atoms with van der Waals surface area (Å²) in [5, 5.41) is 3.46. The monoisotopic (exact) mass is 235 g/mol. The molecule has 0 aliphatic carbocycles. The fourth-order valence-electron chi connectivity index (χ4n) is 1.92. The molecule has 0 bridgehead atoms. The molecule has 0 amide bonds. The van der Waals surface area contributed by atoms with Crippen molar-refractivity contribution >= 4 is 5.82 Å². The van der Waals surface area contributed by atoms with Gasteiger partial charge in [-0.2, -0.15) is 0 Å². The molecule has 0 aromatic carbocycles. The van der Waals surface area contributed by atoms with Gasteiger partial charge in [0.25, 0.3) is 0 Å². The highest BCUT2D eigenvalue weighted by Gasteiger charge is 2.11. The van der Waals surface area contributed by atoms with E-state index in [1.54, 1.807) is 0 Å². The minimum atomic E-state index is 0.909. The van der Waals surface area contributed by atoms with Gasteiger partial charge in [-0.15, -0.1) is 0 Å². The summed E-state index contributed by atoms with van der Waals surface area (Å²) in [6.07, 6.45) is 1.16. The van der Waals surface area contributed by atoms with Gasteiger partial charge in [0.15, 0.2) is 0 Å². The second kappa shape index (κ2) is 6.60. The molecular formula is C14H25N3. The quantitative estimate of drug-likeness (QED) is 0.768. The van der Waals surface area contributed by atoms with Crippen LogP contribution in [-0.4, -0.2) is 25.1 Å². The van der Waals surface area contributed by atoms with Crippen LogP contribution in [0.25, 0.3) is 0 Å². The van der Waals surface area contributed by atoms with Gasteiger partial charge in [0.2, 0.25) is 0 Å². The molecule has 1 N–H and O–H groups in total. The normalized spacial score (nSPS) is 10.6. The summed E-state index contributed by atoms with van der Waals surface area (Å²) in [6.45, 7) is 11.5. The van der Waals surface area contributed by atoms with Crippen LogP contribution in [0.4, 0.5) is 5.82 Å². The van der Waals surface area contributed by atoms with Crippen molar-refractivity contribution in [2.75, 3.05) is 25.0 Å². The molecule has 0 fully saturated rings. The molecule has 0 spiro atoms. The van der Waals surface area contributed by atoms with Crippen molar-refractivity contribution in [3.8, 4) is 0 Å². The summed E-state index contributed by atoms with van der Waals surface area (Å²) in [5.41, 5.74) is 3.75. The lowest BCUT2D eigenvalue weighted by atomic mass is 10.1. The van der Waals surface area contributed by atoms with E-state index >= 15 is 0 Å². The van der Waals surface area contributed by atoms with Gasteiger partial charge in [0, 0.05) is 31.4 Å². The maximum Gasteiger partial charge on any atom is 0.133 e. The van der Waals surface area contributed by atoms with Gasteiger partial charge in [-0.3, -0.25) is 0 Å². The Kier molecular flexibility index (Phi) is 5.42. The minimum Gasteiger partial charge on any atom is -0.360 e. The van der Waals surface area contributed by atoms with Crippen molar-refractivity contribution in [3.63, 3.8) is 0 Å². The fraction of sp³-hybridized carbons (Fsp3) is 0.643. The van der Waals surface area contributed by atoms with E-state index in [9.17, 15) is 0 Å². The Balaban J connectivity index is 2.98. The Morgan fingerprint density at radius 1 is 1.29 bits per heavy atom. The summed E-state index contributed by atoms with van der Waals surface area (Å²) in [6, 6.07) is 2.16. The molecule has 0 atom stereocenters. The molecule has 0 saturated heterocycles. The first-order chi connectivity index (χ1) is 8.10. The van der Waals surface area contributed by atoms with Crippen LogP contribution in [0.15, 0.2) is 6.07 Å². The van der Waals surface area contributed by atoms with E-state index < -0.39 is 0 Å². The highest BCUT2D eigenvalue weighted by atomic mass is 15.2. The molecule has 1 aromatic heterocycles. The third-order valence-corrected chi connectivity index (χ3v) is 3.02. The number of hydrogen-bond donors (Lipinski definition) is 1. The van der Waals surface area contributed by atoms with E-state index in [-0.39, 0.29) is 0 Å². The van der Waals surface area contributed by atoms with Crippen LogP contribution in [0.2, 0.25) is 0 Å². The van der Waals surface area contributed by atoms with Crippen LogP contribution in [0.3, 0.4) is 0 Å². The van der Waals surface area contributed by atoms with E-state index in [4.69, 9.17) is 0 Å². The third-order valence-electron chi connectivity index (χ3n) is 3.02. The molecule has 3 heteroatoms. The first kappa shape index (κ1) is 14.0. The Morgan fingerprint density at radius 2 is 2.00 bits per heavy atom. The van der Waals surface area contributed by atoms with Crippen LogP contribution in [0, 0.1) is 13.8 Å². The lowest BCUT2D eigenvalue weighted by Crippen LogP contribution is -2.23. The van der Waals surface area contributed by atoms with Crippen molar-refractivity contribution in [2.24, 2.45) is 0 Å². The number of nitrogens with zero attached hydrogens (tertiary/aromatic N) is 2. The first-order valence-electron chi connectivity index (χ1n) is 6.49. The van der Waals surface area contributed by atoms with Crippen LogP contribution in [-0.2, 0) is 6.54 Å².